The van der Waals surface area contributed by atoms with E-state index in [1.54, 1.807) is 22.1 Å². The first-order valence-corrected chi connectivity index (χ1v) is 9.90. The summed E-state index contributed by atoms with van der Waals surface area (Å²) in [5.74, 6) is 0.370. The van der Waals surface area contributed by atoms with Crippen molar-refractivity contribution in [1.82, 2.24) is 19.2 Å². The van der Waals surface area contributed by atoms with E-state index in [2.05, 4.69) is 40.6 Å². The van der Waals surface area contributed by atoms with Gasteiger partial charge in [-0.2, -0.15) is 4.31 Å². The van der Waals surface area contributed by atoms with Crippen molar-refractivity contribution in [1.29, 1.82) is 0 Å². The monoisotopic (exact) mass is 358 g/mol. The van der Waals surface area contributed by atoms with Gasteiger partial charge in [0.1, 0.15) is 0 Å². The summed E-state index contributed by atoms with van der Waals surface area (Å²) in [6.07, 6.45) is 7.17. The van der Waals surface area contributed by atoms with Crippen molar-refractivity contribution in [3.05, 3.63) is 54.0 Å². The minimum Gasteiger partial charge on any atom is -0.339 e. The lowest BCUT2D eigenvalue weighted by Gasteiger charge is -2.54. The quantitative estimate of drug-likeness (QED) is 0.901. The first kappa shape index (κ1) is 16.5. The first-order valence-electron chi connectivity index (χ1n) is 8.46. The fourth-order valence-electron chi connectivity index (χ4n) is 3.83. The average molecular weight is 358 g/mol. The number of sulfonamides is 1. The van der Waals surface area contributed by atoms with Gasteiger partial charge in [-0.15, -0.1) is 0 Å². The third-order valence-corrected chi connectivity index (χ3v) is 6.78. The van der Waals surface area contributed by atoms with E-state index in [1.165, 1.54) is 17.5 Å². The zero-order valence-corrected chi connectivity index (χ0v) is 15.1. The molecular weight excluding hydrogens is 336 g/mol. The van der Waals surface area contributed by atoms with E-state index in [0.29, 0.717) is 19.0 Å². The van der Waals surface area contributed by atoms with Crippen molar-refractivity contribution in [2.24, 2.45) is 7.05 Å². The van der Waals surface area contributed by atoms with Crippen LogP contribution in [0.4, 0.5) is 0 Å². The van der Waals surface area contributed by atoms with E-state index in [4.69, 9.17) is 0 Å². The van der Waals surface area contributed by atoms with Gasteiger partial charge in [-0.3, -0.25) is 0 Å². The number of hydrogen-bond donors (Lipinski definition) is 1. The normalized spacial score (nSPS) is 26.7. The molecule has 1 aromatic heterocycles. The largest absolute Gasteiger partial charge is 0.339 e. The minimum atomic E-state index is -3.51. The molecule has 2 bridgehead atoms. The third-order valence-electron chi connectivity index (χ3n) is 5.06. The van der Waals surface area contributed by atoms with E-state index in [9.17, 15) is 8.42 Å². The zero-order chi connectivity index (χ0) is 17.6. The summed E-state index contributed by atoms with van der Waals surface area (Å²) in [6.45, 7) is 2.97. The second kappa shape index (κ2) is 6.09. The topological polar surface area (TPSA) is 67.2 Å². The Labute approximate surface area is 148 Å². The van der Waals surface area contributed by atoms with Crippen molar-refractivity contribution < 1.29 is 8.42 Å². The molecular formula is C18H22N4O2S. The molecule has 0 saturated carbocycles. The lowest BCUT2D eigenvalue weighted by atomic mass is 9.75. The number of piperidine rings is 1. The second-order valence-electron chi connectivity index (χ2n) is 6.77. The molecule has 1 unspecified atom stereocenters. The summed E-state index contributed by atoms with van der Waals surface area (Å²) in [7, 11) is -1.74. The zero-order valence-electron chi connectivity index (χ0n) is 14.3. The van der Waals surface area contributed by atoms with Crippen LogP contribution in [0.3, 0.4) is 0 Å². The Morgan fingerprint density at radius 1 is 1.20 bits per heavy atom. The highest BCUT2D eigenvalue weighted by molar-refractivity contribution is 7.89. The minimum absolute atomic E-state index is 0.128. The number of rotatable bonds is 4. The van der Waals surface area contributed by atoms with Gasteiger partial charge in [-0.25, -0.2) is 13.4 Å². The van der Waals surface area contributed by atoms with Crippen LogP contribution in [0.1, 0.15) is 24.0 Å². The molecule has 3 atom stereocenters. The SMILES string of the molecule is CC=Cc1ccc(C2[C@@H]3CN(S(=O)(=O)c4cn(C)cn4)C[C@H]2N3)cc1. The highest BCUT2D eigenvalue weighted by atomic mass is 32.2. The smallest absolute Gasteiger partial charge is 0.262 e. The van der Waals surface area contributed by atoms with E-state index < -0.39 is 10.0 Å². The van der Waals surface area contributed by atoms with Crippen LogP contribution in [0.15, 0.2) is 47.9 Å². The van der Waals surface area contributed by atoms with Gasteiger partial charge < -0.3 is 9.88 Å². The summed E-state index contributed by atoms with van der Waals surface area (Å²) in [5.41, 5.74) is 2.46. The number of allylic oxidation sites excluding steroid dienone is 1. The Kier molecular flexibility index (Phi) is 4.02. The third kappa shape index (κ3) is 2.82. The highest BCUT2D eigenvalue weighted by Crippen LogP contribution is 2.38. The fraction of sp³-hybridized carbons (Fsp3) is 0.389. The Morgan fingerprint density at radius 2 is 1.88 bits per heavy atom. The maximum absolute atomic E-state index is 12.7. The molecule has 1 aromatic carbocycles. The van der Waals surface area contributed by atoms with Crippen molar-refractivity contribution in [3.63, 3.8) is 0 Å². The number of nitrogens with one attached hydrogen (secondary N) is 1. The summed E-state index contributed by atoms with van der Waals surface area (Å²) in [4.78, 5) is 4.01. The van der Waals surface area contributed by atoms with Gasteiger partial charge in [0.2, 0.25) is 0 Å². The molecule has 7 heteroatoms. The maximum Gasteiger partial charge on any atom is 0.262 e. The number of nitrogens with zero attached hydrogens (tertiary/aromatic N) is 3. The van der Waals surface area contributed by atoms with Gasteiger partial charge in [0.15, 0.2) is 5.03 Å². The molecule has 0 spiro atoms. The average Bonchev–Trinajstić information content (AvgIpc) is 3.04. The number of aromatic nitrogens is 2. The number of fused-ring (bicyclic) bond motifs is 2. The molecule has 3 fully saturated rings. The maximum atomic E-state index is 12.7. The molecule has 1 N–H and O–H groups in total. The number of hydrogen-bond acceptors (Lipinski definition) is 4. The summed E-state index contributed by atoms with van der Waals surface area (Å²) < 4.78 is 28.7. The standard InChI is InChI=1S/C18H22N4O2S/c1-3-4-13-5-7-14(8-6-13)18-15-9-22(10-16(18)20-15)25(23,24)17-11-21(2)12-19-17/h3-8,11-12,15-16,18,20H,9-10H2,1-2H3/t15-,16+,18?. The molecule has 6 nitrogen and oxygen atoms in total. The molecule has 3 aliphatic heterocycles. The van der Waals surface area contributed by atoms with Crippen LogP contribution in [0.5, 0.6) is 0 Å². The molecule has 3 saturated heterocycles. The Morgan fingerprint density at radius 3 is 2.44 bits per heavy atom. The van der Waals surface area contributed by atoms with Gasteiger partial charge in [-0.05, 0) is 18.1 Å². The molecule has 0 amide bonds. The van der Waals surface area contributed by atoms with Crippen LogP contribution >= 0.6 is 0 Å². The fourth-order valence-corrected chi connectivity index (χ4v) is 5.29. The summed E-state index contributed by atoms with van der Waals surface area (Å²) in [6, 6.07) is 8.86. The summed E-state index contributed by atoms with van der Waals surface area (Å²) >= 11 is 0. The van der Waals surface area contributed by atoms with Gasteiger partial charge in [0.25, 0.3) is 10.0 Å². The van der Waals surface area contributed by atoms with Crippen molar-refractivity contribution >= 4 is 16.1 Å². The van der Waals surface area contributed by atoms with Crippen LogP contribution in [0.25, 0.3) is 6.08 Å². The number of aryl methyl sites for hydroxylation is 1. The number of benzene rings is 1. The second-order valence-corrected chi connectivity index (χ2v) is 8.66. The van der Waals surface area contributed by atoms with E-state index in [1.807, 2.05) is 13.0 Å². The Hall–Kier alpha value is -1.96. The van der Waals surface area contributed by atoms with E-state index in [0.717, 1.165) is 0 Å². The Bertz CT molecular complexity index is 889. The van der Waals surface area contributed by atoms with Gasteiger partial charge >= 0.3 is 0 Å². The molecule has 5 rings (SSSR count). The Balaban J connectivity index is 1.51. The molecule has 2 aromatic rings. The lowest BCUT2D eigenvalue weighted by Crippen LogP contribution is -2.72. The molecule has 0 aliphatic carbocycles. The van der Waals surface area contributed by atoms with Crippen LogP contribution < -0.4 is 5.32 Å². The highest BCUT2D eigenvalue weighted by Gasteiger charge is 2.50. The van der Waals surface area contributed by atoms with Crippen LogP contribution in [0, 0.1) is 0 Å². The lowest BCUT2D eigenvalue weighted by molar-refractivity contribution is 0.101. The van der Waals surface area contributed by atoms with Crippen LogP contribution in [-0.2, 0) is 17.1 Å². The number of imidazole rings is 1. The number of piperazine rings is 1. The molecule has 3 aliphatic rings. The molecule has 132 valence electrons. The predicted octanol–water partition coefficient (Wildman–Crippen LogP) is 1.58. The van der Waals surface area contributed by atoms with Gasteiger partial charge in [0, 0.05) is 44.3 Å². The first-order chi connectivity index (χ1) is 12.0. The molecule has 0 radical (unpaired) electrons. The summed E-state index contributed by atoms with van der Waals surface area (Å²) in [5, 5.41) is 3.61. The van der Waals surface area contributed by atoms with Gasteiger partial charge in [0.05, 0.1) is 6.33 Å². The van der Waals surface area contributed by atoms with Crippen molar-refractivity contribution in [2.45, 2.75) is 30.0 Å². The van der Waals surface area contributed by atoms with Crippen LogP contribution in [0.2, 0.25) is 0 Å². The van der Waals surface area contributed by atoms with E-state index >= 15 is 0 Å². The van der Waals surface area contributed by atoms with Gasteiger partial charge in [-0.1, -0.05) is 36.4 Å². The van der Waals surface area contributed by atoms with E-state index in [-0.39, 0.29) is 17.1 Å². The molecule has 4 heterocycles. The predicted molar refractivity (Wildman–Crippen MR) is 96.6 cm³/mol. The van der Waals surface area contributed by atoms with Crippen LogP contribution in [-0.4, -0.2) is 47.4 Å². The molecule has 25 heavy (non-hydrogen) atoms. The van der Waals surface area contributed by atoms with Crippen molar-refractivity contribution in [3.8, 4) is 0 Å². The van der Waals surface area contributed by atoms with Crippen molar-refractivity contribution in [2.75, 3.05) is 13.1 Å².